The number of allylic oxidation sites excluding steroid dienone is 11. The van der Waals surface area contributed by atoms with E-state index in [9.17, 15) is 14.4 Å². The van der Waals surface area contributed by atoms with E-state index in [-0.39, 0.29) is 31.6 Å². The van der Waals surface area contributed by atoms with E-state index in [1.165, 1.54) is 89.9 Å². The Morgan fingerprint density at radius 1 is 0.400 bits per heavy atom. The molecule has 0 aromatic carbocycles. The van der Waals surface area contributed by atoms with Crippen LogP contribution in [0.3, 0.4) is 0 Å². The summed E-state index contributed by atoms with van der Waals surface area (Å²) in [5, 5.41) is 0. The van der Waals surface area contributed by atoms with Crippen molar-refractivity contribution in [2.75, 3.05) is 13.2 Å². The molecule has 0 aliphatic rings. The topological polar surface area (TPSA) is 78.9 Å². The third-order valence-electron chi connectivity index (χ3n) is 9.21. The third kappa shape index (κ3) is 41.8. The first-order valence-corrected chi connectivity index (χ1v) is 22.4. The Morgan fingerprint density at radius 2 is 0.764 bits per heavy atom. The minimum atomic E-state index is -0.835. The summed E-state index contributed by atoms with van der Waals surface area (Å²) in [4.78, 5) is 37.5. The quantitative estimate of drug-likeness (QED) is 0.0268. The number of carbonyl (C=O) groups excluding carboxylic acids is 3. The zero-order valence-corrected chi connectivity index (χ0v) is 35.7. The Kier molecular flexibility index (Phi) is 41.1. The molecule has 6 heteroatoms. The van der Waals surface area contributed by atoms with Gasteiger partial charge < -0.3 is 14.2 Å². The molecule has 0 amide bonds. The molecular weight excluding hydrogens is 685 g/mol. The van der Waals surface area contributed by atoms with Crippen LogP contribution in [0.15, 0.2) is 72.9 Å². The zero-order chi connectivity index (χ0) is 40.1. The van der Waals surface area contributed by atoms with Crippen LogP contribution in [0, 0.1) is 0 Å². The molecule has 0 saturated heterocycles. The van der Waals surface area contributed by atoms with Crippen LogP contribution in [-0.4, -0.2) is 37.2 Å². The molecule has 0 N–H and O–H groups in total. The molecule has 0 saturated carbocycles. The van der Waals surface area contributed by atoms with Gasteiger partial charge >= 0.3 is 17.9 Å². The third-order valence-corrected chi connectivity index (χ3v) is 9.21. The van der Waals surface area contributed by atoms with Crippen LogP contribution in [0.5, 0.6) is 0 Å². The van der Waals surface area contributed by atoms with E-state index in [2.05, 4.69) is 81.5 Å². The Morgan fingerprint density at radius 3 is 1.25 bits per heavy atom. The van der Waals surface area contributed by atoms with Gasteiger partial charge in [0.1, 0.15) is 13.2 Å². The average molecular weight is 767 g/mol. The lowest BCUT2D eigenvalue weighted by Gasteiger charge is -2.18. The molecule has 55 heavy (non-hydrogen) atoms. The minimum absolute atomic E-state index is 0.0970. The van der Waals surface area contributed by atoms with Gasteiger partial charge in [-0.3, -0.25) is 14.4 Å². The summed E-state index contributed by atoms with van der Waals surface area (Å²) in [5.41, 5.74) is 0. The summed E-state index contributed by atoms with van der Waals surface area (Å²) in [5.74, 6) is -1.10. The van der Waals surface area contributed by atoms with Gasteiger partial charge in [-0.25, -0.2) is 0 Å². The number of hydrogen-bond donors (Lipinski definition) is 0. The van der Waals surface area contributed by atoms with E-state index >= 15 is 0 Å². The molecule has 0 aliphatic carbocycles. The van der Waals surface area contributed by atoms with Gasteiger partial charge in [0.2, 0.25) is 0 Å². The van der Waals surface area contributed by atoms with Crippen molar-refractivity contribution in [1.29, 1.82) is 0 Å². The highest BCUT2D eigenvalue weighted by Crippen LogP contribution is 2.13. The summed E-state index contributed by atoms with van der Waals surface area (Å²) in [7, 11) is 0. The minimum Gasteiger partial charge on any atom is -0.462 e. The maximum Gasteiger partial charge on any atom is 0.310 e. The molecule has 0 fully saturated rings. The van der Waals surface area contributed by atoms with Gasteiger partial charge in [-0.1, -0.05) is 171 Å². The normalized spacial score (nSPS) is 12.7. The SMILES string of the molecule is CC/C=C\C/C=C\C/C=C\CC(=O)OC(COC(=O)CCCC/C=C\C/C=C\CC)COC(=O)CCCCCCCCC/C=C\CCCCCCCCCC. The average Bonchev–Trinajstić information content (AvgIpc) is 3.18. The second kappa shape index (κ2) is 43.6. The Balaban J connectivity index is 4.33. The summed E-state index contributed by atoms with van der Waals surface area (Å²) in [6.45, 7) is 6.24. The van der Waals surface area contributed by atoms with E-state index < -0.39 is 12.1 Å². The predicted octanol–water partition coefficient (Wildman–Crippen LogP) is 14.3. The molecule has 0 aliphatic heterocycles. The van der Waals surface area contributed by atoms with E-state index in [1.807, 2.05) is 6.08 Å². The summed E-state index contributed by atoms with van der Waals surface area (Å²) in [6.07, 6.45) is 53.7. The van der Waals surface area contributed by atoms with E-state index in [4.69, 9.17) is 14.2 Å². The fraction of sp³-hybridized carbons (Fsp3) is 0.694. The number of rotatable bonds is 39. The lowest BCUT2D eigenvalue weighted by Crippen LogP contribution is -2.30. The van der Waals surface area contributed by atoms with E-state index in [0.717, 1.165) is 70.6 Å². The van der Waals surface area contributed by atoms with E-state index in [0.29, 0.717) is 12.8 Å². The molecule has 0 aromatic heterocycles. The van der Waals surface area contributed by atoms with Gasteiger partial charge in [-0.2, -0.15) is 0 Å². The van der Waals surface area contributed by atoms with Crippen molar-refractivity contribution in [1.82, 2.24) is 0 Å². The van der Waals surface area contributed by atoms with Crippen LogP contribution < -0.4 is 0 Å². The molecule has 0 bridgehead atoms. The second-order valence-corrected chi connectivity index (χ2v) is 14.6. The summed E-state index contributed by atoms with van der Waals surface area (Å²) >= 11 is 0. The fourth-order valence-electron chi connectivity index (χ4n) is 5.89. The Labute approximate surface area is 338 Å². The van der Waals surface area contributed by atoms with Gasteiger partial charge in [0.25, 0.3) is 0 Å². The molecule has 6 nitrogen and oxygen atoms in total. The largest absolute Gasteiger partial charge is 0.462 e. The molecule has 1 atom stereocenters. The lowest BCUT2D eigenvalue weighted by atomic mass is 10.1. The summed E-state index contributed by atoms with van der Waals surface area (Å²) < 4.78 is 16.5. The smallest absolute Gasteiger partial charge is 0.310 e. The van der Waals surface area contributed by atoms with Crippen LogP contribution in [0.25, 0.3) is 0 Å². The predicted molar refractivity (Wildman–Crippen MR) is 233 cm³/mol. The van der Waals surface area contributed by atoms with Gasteiger partial charge in [0, 0.05) is 12.8 Å². The first-order chi connectivity index (χ1) is 27.0. The highest BCUT2D eigenvalue weighted by Gasteiger charge is 2.19. The van der Waals surface area contributed by atoms with Crippen LogP contribution in [-0.2, 0) is 28.6 Å². The number of ether oxygens (including phenoxy) is 3. The number of hydrogen-bond acceptors (Lipinski definition) is 6. The van der Waals surface area contributed by atoms with Crippen molar-refractivity contribution in [3.63, 3.8) is 0 Å². The highest BCUT2D eigenvalue weighted by atomic mass is 16.6. The van der Waals surface area contributed by atoms with Gasteiger partial charge in [0.15, 0.2) is 6.10 Å². The molecule has 0 spiro atoms. The molecule has 0 rings (SSSR count). The van der Waals surface area contributed by atoms with Crippen molar-refractivity contribution in [3.8, 4) is 0 Å². The van der Waals surface area contributed by atoms with Gasteiger partial charge in [-0.05, 0) is 83.5 Å². The number of unbranched alkanes of at least 4 members (excludes halogenated alkanes) is 17. The lowest BCUT2D eigenvalue weighted by molar-refractivity contribution is -0.166. The first kappa shape index (κ1) is 51.9. The van der Waals surface area contributed by atoms with Crippen LogP contribution in [0.2, 0.25) is 0 Å². The van der Waals surface area contributed by atoms with Crippen molar-refractivity contribution in [2.24, 2.45) is 0 Å². The second-order valence-electron chi connectivity index (χ2n) is 14.6. The Hall–Kier alpha value is -3.15. The fourth-order valence-corrected chi connectivity index (χ4v) is 5.89. The van der Waals surface area contributed by atoms with Gasteiger partial charge in [0.05, 0.1) is 6.42 Å². The van der Waals surface area contributed by atoms with Crippen LogP contribution in [0.1, 0.15) is 201 Å². The maximum atomic E-state index is 12.6. The first-order valence-electron chi connectivity index (χ1n) is 22.4. The highest BCUT2D eigenvalue weighted by molar-refractivity contribution is 5.72. The Bertz CT molecular complexity index is 1070. The van der Waals surface area contributed by atoms with Crippen LogP contribution in [0.4, 0.5) is 0 Å². The van der Waals surface area contributed by atoms with Crippen molar-refractivity contribution in [3.05, 3.63) is 72.9 Å². The number of esters is 3. The standard InChI is InChI=1S/C49H82O6/c1-4-7-10-13-16-19-20-21-22-23-24-25-26-27-28-31-33-36-39-42-48(51)54-45-46(55-49(52)43-40-37-34-30-18-15-12-9-6-3)44-53-47(50)41-38-35-32-29-17-14-11-8-5-2/h8-9,11-12,17-18,23-24,29-30,37,40,46H,4-7,10,13-16,19-22,25-28,31-36,38-39,41-45H2,1-3H3/b11-8-,12-9-,24-23-,29-17-,30-18-,40-37-. The van der Waals surface area contributed by atoms with E-state index in [1.54, 1.807) is 6.08 Å². The van der Waals surface area contributed by atoms with Crippen LogP contribution >= 0.6 is 0 Å². The maximum absolute atomic E-state index is 12.6. The summed E-state index contributed by atoms with van der Waals surface area (Å²) in [6, 6.07) is 0. The number of carbonyl (C=O) groups is 3. The zero-order valence-electron chi connectivity index (χ0n) is 35.7. The molecular formula is C49H82O6. The molecule has 1 unspecified atom stereocenters. The van der Waals surface area contributed by atoms with Crippen molar-refractivity contribution in [2.45, 2.75) is 207 Å². The molecule has 0 aromatic rings. The molecule has 314 valence electrons. The van der Waals surface area contributed by atoms with Gasteiger partial charge in [-0.15, -0.1) is 0 Å². The molecule has 0 heterocycles. The van der Waals surface area contributed by atoms with Crippen molar-refractivity contribution >= 4 is 17.9 Å². The molecule has 0 radical (unpaired) electrons. The van der Waals surface area contributed by atoms with Crippen molar-refractivity contribution < 1.29 is 28.6 Å². The monoisotopic (exact) mass is 767 g/mol.